The number of carbonyl (C=O) groups is 1. The second kappa shape index (κ2) is 4.38. The second-order valence-electron chi connectivity index (χ2n) is 4.22. The van der Waals surface area contributed by atoms with E-state index in [1.54, 1.807) is 35.8 Å². The number of nitrogens with one attached hydrogen (secondary N) is 1. The van der Waals surface area contributed by atoms with E-state index in [1.165, 1.54) is 12.1 Å². The summed E-state index contributed by atoms with van der Waals surface area (Å²) in [5.74, 6) is 0.175. The van der Waals surface area contributed by atoms with Crippen LogP contribution in [0.1, 0.15) is 27.8 Å². The van der Waals surface area contributed by atoms with Gasteiger partial charge < -0.3 is 20.2 Å². The molecule has 1 atom stereocenters. The van der Waals surface area contributed by atoms with Gasteiger partial charge in [-0.05, 0) is 17.7 Å². The van der Waals surface area contributed by atoms with Gasteiger partial charge in [-0.2, -0.15) is 0 Å². The van der Waals surface area contributed by atoms with Gasteiger partial charge in [-0.15, -0.1) is 0 Å². The van der Waals surface area contributed by atoms with Gasteiger partial charge in [0.05, 0.1) is 0 Å². The van der Waals surface area contributed by atoms with Crippen LogP contribution in [0.2, 0.25) is 0 Å². The van der Waals surface area contributed by atoms with Crippen LogP contribution in [0.3, 0.4) is 0 Å². The first-order chi connectivity index (χ1) is 9.20. The lowest BCUT2D eigenvalue weighted by Gasteiger charge is -2.04. The van der Waals surface area contributed by atoms with E-state index in [0.29, 0.717) is 16.9 Å². The largest absolute Gasteiger partial charge is 0.759 e. The summed E-state index contributed by atoms with van der Waals surface area (Å²) in [6, 6.07) is 9.91. The summed E-state index contributed by atoms with van der Waals surface area (Å²) in [6.07, 6.45) is 0.492. The molecule has 1 aromatic carbocycles. The fourth-order valence-corrected chi connectivity index (χ4v) is 2.17. The number of anilines is 1. The van der Waals surface area contributed by atoms with Crippen molar-refractivity contribution >= 4 is 17.7 Å². The molecule has 1 aliphatic rings. The molecule has 0 spiro atoms. The summed E-state index contributed by atoms with van der Waals surface area (Å²) < 4.78 is 5.13. The number of rotatable bonds is 2. The molecule has 0 fully saturated rings. The first-order valence-corrected chi connectivity index (χ1v) is 5.72. The lowest BCUT2D eigenvalue weighted by atomic mass is 10.1. The van der Waals surface area contributed by atoms with Gasteiger partial charge in [-0.3, -0.25) is 4.79 Å². The quantitative estimate of drug-likeness (QED) is 0.637. The summed E-state index contributed by atoms with van der Waals surface area (Å²) in [7, 11) is 0. The Kier molecular flexibility index (Phi) is 2.70. The molecule has 1 unspecified atom stereocenters. The third-order valence-corrected chi connectivity index (χ3v) is 3.08. The first-order valence-electron chi connectivity index (χ1n) is 5.72. The van der Waals surface area contributed by atoms with E-state index in [0.717, 1.165) is 0 Å². The van der Waals surface area contributed by atoms with E-state index < -0.39 is 6.10 Å². The molecule has 1 heterocycles. The van der Waals surface area contributed by atoms with Crippen molar-refractivity contribution in [3.8, 4) is 0 Å². The van der Waals surface area contributed by atoms with Crippen molar-refractivity contribution in [2.45, 2.75) is 6.10 Å². The van der Waals surface area contributed by atoms with E-state index >= 15 is 0 Å². The Morgan fingerprint density at radius 3 is 2.74 bits per heavy atom. The SMILES string of the molecule is O=C1/C(=C\c2ccc(N[O-])o2)C(O)c2ccccc21. The van der Waals surface area contributed by atoms with Gasteiger partial charge >= 0.3 is 0 Å². The van der Waals surface area contributed by atoms with Crippen LogP contribution in [-0.4, -0.2) is 10.9 Å². The molecular weight excluding hydrogens is 246 g/mol. The van der Waals surface area contributed by atoms with Crippen molar-refractivity contribution in [1.29, 1.82) is 0 Å². The number of Topliss-reactive ketones (excluding diaryl/α,β-unsaturated/α-hetero) is 1. The molecule has 19 heavy (non-hydrogen) atoms. The molecule has 1 aromatic heterocycles. The molecule has 3 rings (SSSR count). The topological polar surface area (TPSA) is 85.5 Å². The summed E-state index contributed by atoms with van der Waals surface area (Å²) in [5.41, 5.74) is 2.95. The molecule has 0 saturated carbocycles. The Morgan fingerprint density at radius 1 is 1.26 bits per heavy atom. The molecule has 1 aliphatic carbocycles. The van der Waals surface area contributed by atoms with Gasteiger partial charge in [0.15, 0.2) is 11.7 Å². The Morgan fingerprint density at radius 2 is 2.05 bits per heavy atom. The van der Waals surface area contributed by atoms with Crippen LogP contribution in [0.4, 0.5) is 5.88 Å². The van der Waals surface area contributed by atoms with Gasteiger partial charge in [0.1, 0.15) is 11.9 Å². The minimum Gasteiger partial charge on any atom is -0.759 e. The number of furan rings is 1. The zero-order chi connectivity index (χ0) is 13.4. The van der Waals surface area contributed by atoms with Crippen LogP contribution >= 0.6 is 0 Å². The van der Waals surface area contributed by atoms with Crippen molar-refractivity contribution in [3.63, 3.8) is 0 Å². The molecule has 0 saturated heterocycles. The smallest absolute Gasteiger partial charge is 0.192 e. The predicted molar refractivity (Wildman–Crippen MR) is 69.4 cm³/mol. The third kappa shape index (κ3) is 1.85. The second-order valence-corrected chi connectivity index (χ2v) is 4.22. The monoisotopic (exact) mass is 256 g/mol. The number of carbonyl (C=O) groups excluding carboxylic acids is 1. The van der Waals surface area contributed by atoms with Gasteiger partial charge in [-0.1, -0.05) is 24.3 Å². The highest BCUT2D eigenvalue weighted by Crippen LogP contribution is 2.36. The highest BCUT2D eigenvalue weighted by atomic mass is 16.5. The zero-order valence-corrected chi connectivity index (χ0v) is 9.79. The van der Waals surface area contributed by atoms with Crippen LogP contribution < -0.4 is 5.48 Å². The van der Waals surface area contributed by atoms with E-state index in [-0.39, 0.29) is 17.2 Å². The standard InChI is InChI=1S/C14H10NO4/c16-13-9-3-1-2-4-10(9)14(17)11(13)7-8-5-6-12(15-18)19-8/h1-7,13,15-16H/q-1/b11-7-. The third-order valence-electron chi connectivity index (χ3n) is 3.08. The van der Waals surface area contributed by atoms with Crippen LogP contribution in [0.25, 0.3) is 6.08 Å². The molecule has 96 valence electrons. The number of aliphatic hydroxyl groups excluding tert-OH is 1. The Labute approximate surface area is 108 Å². The zero-order valence-electron chi connectivity index (χ0n) is 9.79. The number of fused-ring (bicyclic) bond motifs is 1. The molecular formula is C14H10NO4-. The highest BCUT2D eigenvalue weighted by Gasteiger charge is 2.32. The highest BCUT2D eigenvalue weighted by molar-refractivity contribution is 6.16. The average molecular weight is 256 g/mol. The van der Waals surface area contributed by atoms with Crippen molar-refractivity contribution < 1.29 is 14.3 Å². The van der Waals surface area contributed by atoms with E-state index in [1.807, 2.05) is 0 Å². The van der Waals surface area contributed by atoms with E-state index in [2.05, 4.69) is 0 Å². The number of aliphatic hydroxyl groups is 1. The maximum absolute atomic E-state index is 12.1. The van der Waals surface area contributed by atoms with E-state index in [4.69, 9.17) is 4.42 Å². The fraction of sp³-hybridized carbons (Fsp3) is 0.0714. The van der Waals surface area contributed by atoms with Gasteiger partial charge in [0.2, 0.25) is 0 Å². The van der Waals surface area contributed by atoms with Crippen LogP contribution in [0.15, 0.2) is 46.4 Å². The molecule has 2 N–H and O–H groups in total. The van der Waals surface area contributed by atoms with Gasteiger partial charge in [0, 0.05) is 17.2 Å². The van der Waals surface area contributed by atoms with Crippen molar-refractivity contribution in [2.24, 2.45) is 0 Å². The molecule has 0 radical (unpaired) electrons. The van der Waals surface area contributed by atoms with Crippen LogP contribution in [-0.2, 0) is 0 Å². The van der Waals surface area contributed by atoms with Crippen molar-refractivity contribution in [1.82, 2.24) is 0 Å². The number of hydrogen-bond acceptors (Lipinski definition) is 5. The number of hydrogen-bond donors (Lipinski definition) is 2. The molecule has 0 bridgehead atoms. The first kappa shape index (κ1) is 11.7. The summed E-state index contributed by atoms with van der Waals surface area (Å²) in [6.45, 7) is 0. The van der Waals surface area contributed by atoms with Gasteiger partial charge in [0.25, 0.3) is 0 Å². The maximum atomic E-state index is 12.1. The van der Waals surface area contributed by atoms with Crippen molar-refractivity contribution in [3.05, 3.63) is 64.1 Å². The lowest BCUT2D eigenvalue weighted by Crippen LogP contribution is -1.98. The van der Waals surface area contributed by atoms with Gasteiger partial charge in [-0.25, -0.2) is 0 Å². The lowest BCUT2D eigenvalue weighted by molar-refractivity contribution is 0.102. The summed E-state index contributed by atoms with van der Waals surface area (Å²) >= 11 is 0. The fourth-order valence-electron chi connectivity index (χ4n) is 2.17. The number of benzene rings is 1. The molecule has 0 amide bonds. The Bertz CT molecular complexity index is 672. The minimum absolute atomic E-state index is 0.0595. The van der Waals surface area contributed by atoms with Crippen LogP contribution in [0, 0.1) is 5.21 Å². The van der Waals surface area contributed by atoms with Crippen LogP contribution in [0.5, 0.6) is 0 Å². The minimum atomic E-state index is -0.961. The number of ketones is 1. The van der Waals surface area contributed by atoms with E-state index in [9.17, 15) is 15.1 Å². The average Bonchev–Trinajstić information content (AvgIpc) is 2.99. The Balaban J connectivity index is 2.01. The van der Waals surface area contributed by atoms with Crippen molar-refractivity contribution in [2.75, 3.05) is 5.48 Å². The summed E-state index contributed by atoms with van der Waals surface area (Å²) in [5, 5.41) is 20.5. The maximum Gasteiger partial charge on any atom is 0.192 e. The summed E-state index contributed by atoms with van der Waals surface area (Å²) in [4.78, 5) is 12.1. The molecule has 5 nitrogen and oxygen atoms in total. The molecule has 0 aliphatic heterocycles. The Hall–Kier alpha value is -2.37. The predicted octanol–water partition coefficient (Wildman–Crippen LogP) is 2.50. The normalized spacial score (nSPS) is 19.8. The molecule has 5 heteroatoms. The molecule has 2 aromatic rings.